The lowest BCUT2D eigenvalue weighted by Gasteiger charge is -2.17. The van der Waals surface area contributed by atoms with Crippen LogP contribution in [0.25, 0.3) is 0 Å². The summed E-state index contributed by atoms with van der Waals surface area (Å²) in [6, 6.07) is 0. The summed E-state index contributed by atoms with van der Waals surface area (Å²) in [5.74, 6) is -0.0868. The van der Waals surface area contributed by atoms with Crippen molar-refractivity contribution in [3.63, 3.8) is 0 Å². The normalized spacial score (nSPS) is 12.0. The van der Waals surface area contributed by atoms with E-state index in [-0.39, 0.29) is 18.4 Å². The Balaban J connectivity index is 0. The van der Waals surface area contributed by atoms with E-state index in [9.17, 15) is 4.79 Å². The van der Waals surface area contributed by atoms with Crippen LogP contribution < -0.4 is 0 Å². The molecule has 0 radical (unpaired) electrons. The zero-order valence-electron chi connectivity index (χ0n) is 18.5. The Morgan fingerprint density at radius 2 is 1.30 bits per heavy atom. The van der Waals surface area contributed by atoms with Gasteiger partial charge >= 0.3 is 5.97 Å². The van der Waals surface area contributed by atoms with Gasteiger partial charge in [-0.1, -0.05) is 48.8 Å². The van der Waals surface area contributed by atoms with Gasteiger partial charge in [0, 0.05) is 13.0 Å². The molecule has 0 aliphatic rings. The summed E-state index contributed by atoms with van der Waals surface area (Å²) in [7, 11) is 0. The van der Waals surface area contributed by atoms with E-state index >= 15 is 0 Å². The molecule has 0 aromatic carbocycles. The molecule has 0 aromatic heterocycles. The van der Waals surface area contributed by atoms with Crippen molar-refractivity contribution in [2.24, 2.45) is 0 Å². The van der Waals surface area contributed by atoms with E-state index in [1.54, 1.807) is 0 Å². The fourth-order valence-corrected chi connectivity index (χ4v) is 2.68. The molecular weight excluding hydrogens is 358 g/mol. The minimum absolute atomic E-state index is 0. The second kappa shape index (κ2) is 18.3. The molecule has 0 aromatic rings. The first-order valence-corrected chi connectivity index (χ1v) is 10.2. The molecule has 158 valence electrons. The van der Waals surface area contributed by atoms with E-state index in [4.69, 9.17) is 4.74 Å². The molecule has 0 saturated carbocycles. The van der Waals surface area contributed by atoms with Crippen molar-refractivity contribution in [3.8, 4) is 0 Å². The van der Waals surface area contributed by atoms with Crippen LogP contribution in [-0.4, -0.2) is 37.1 Å². The first-order valence-electron chi connectivity index (χ1n) is 10.2. The number of rotatable bonds is 14. The van der Waals surface area contributed by atoms with Crippen molar-refractivity contribution in [1.29, 1.82) is 0 Å². The zero-order valence-corrected chi connectivity index (χ0v) is 19.3. The second-order valence-corrected chi connectivity index (χ2v) is 7.25. The highest BCUT2D eigenvalue weighted by atomic mass is 35.5. The molecule has 0 aliphatic heterocycles. The maximum absolute atomic E-state index is 11.8. The first kappa shape index (κ1) is 28.2. The molecule has 0 fully saturated rings. The molecule has 0 spiro atoms. The number of hydrogen-bond donors (Lipinski definition) is 0. The highest BCUT2D eigenvalue weighted by molar-refractivity contribution is 5.85. The lowest BCUT2D eigenvalue weighted by molar-refractivity contribution is -0.143. The largest absolute Gasteiger partial charge is 0.464 e. The molecule has 0 saturated heterocycles. The predicted octanol–water partition coefficient (Wildman–Crippen LogP) is 6.49. The van der Waals surface area contributed by atoms with Gasteiger partial charge in [0.05, 0.1) is 0 Å². The van der Waals surface area contributed by atoms with Crippen molar-refractivity contribution in [3.05, 3.63) is 34.9 Å². The summed E-state index contributed by atoms with van der Waals surface area (Å²) < 4.78 is 5.30. The van der Waals surface area contributed by atoms with Crippen LogP contribution in [0.1, 0.15) is 80.1 Å². The Hall–Kier alpha value is -1.06. The van der Waals surface area contributed by atoms with E-state index in [1.807, 2.05) is 0 Å². The lowest BCUT2D eigenvalue weighted by atomic mass is 10.1. The van der Waals surface area contributed by atoms with Gasteiger partial charge in [0.15, 0.2) is 0 Å². The Bertz CT molecular complexity index is 473. The molecule has 4 heteroatoms. The number of hydrogen-bond acceptors (Lipinski definition) is 3. The second-order valence-electron chi connectivity index (χ2n) is 7.25. The predicted molar refractivity (Wildman–Crippen MR) is 121 cm³/mol. The van der Waals surface area contributed by atoms with Gasteiger partial charge in [0.2, 0.25) is 0 Å². The molecule has 0 amide bonds. The number of esters is 1. The number of ether oxygens (including phenoxy) is 1. The van der Waals surface area contributed by atoms with E-state index in [2.05, 4.69) is 64.7 Å². The molecule has 0 rings (SSSR count). The van der Waals surface area contributed by atoms with Crippen LogP contribution in [0, 0.1) is 0 Å². The van der Waals surface area contributed by atoms with Gasteiger partial charge in [-0.15, -0.1) is 12.4 Å². The average molecular weight is 400 g/mol. The summed E-state index contributed by atoms with van der Waals surface area (Å²) >= 11 is 0. The summed E-state index contributed by atoms with van der Waals surface area (Å²) in [5, 5.41) is 0. The topological polar surface area (TPSA) is 29.5 Å². The van der Waals surface area contributed by atoms with Gasteiger partial charge in [-0.2, -0.15) is 0 Å². The van der Waals surface area contributed by atoms with Crippen molar-refractivity contribution in [1.82, 2.24) is 4.90 Å². The minimum Gasteiger partial charge on any atom is -0.464 e. The number of nitrogens with zero attached hydrogens (tertiary/aromatic N) is 1. The van der Waals surface area contributed by atoms with Crippen LogP contribution in [0.3, 0.4) is 0 Å². The third kappa shape index (κ3) is 18.1. The van der Waals surface area contributed by atoms with E-state index in [0.29, 0.717) is 13.0 Å². The highest BCUT2D eigenvalue weighted by Crippen LogP contribution is 2.12. The molecule has 27 heavy (non-hydrogen) atoms. The molecule has 0 unspecified atom stereocenters. The van der Waals surface area contributed by atoms with Crippen LogP contribution >= 0.6 is 12.4 Å². The molecule has 0 aliphatic carbocycles. The maximum Gasteiger partial charge on any atom is 0.306 e. The van der Waals surface area contributed by atoms with Crippen molar-refractivity contribution < 1.29 is 9.53 Å². The van der Waals surface area contributed by atoms with E-state index in [1.165, 1.54) is 16.7 Å². The molecule has 0 N–H and O–H groups in total. The van der Waals surface area contributed by atoms with Gasteiger partial charge in [0.25, 0.3) is 0 Å². The van der Waals surface area contributed by atoms with Gasteiger partial charge in [-0.05, 0) is 72.9 Å². The van der Waals surface area contributed by atoms with Crippen molar-refractivity contribution >= 4 is 18.4 Å². The van der Waals surface area contributed by atoms with Gasteiger partial charge < -0.3 is 9.64 Å². The Morgan fingerprint density at radius 3 is 1.78 bits per heavy atom. The first-order chi connectivity index (χ1) is 12.4. The maximum atomic E-state index is 11.8. The SMILES string of the molecule is CCN(CC)CCOC(=O)CCC=C(C)CCC=C(C)CCC=C(C)C.Cl. The zero-order chi connectivity index (χ0) is 19.8. The summed E-state index contributed by atoms with van der Waals surface area (Å²) in [4.78, 5) is 14.0. The Labute approximate surface area is 174 Å². The fraction of sp³-hybridized carbons (Fsp3) is 0.696. The van der Waals surface area contributed by atoms with Crippen LogP contribution in [0.5, 0.6) is 0 Å². The highest BCUT2D eigenvalue weighted by Gasteiger charge is 2.04. The third-order valence-electron chi connectivity index (χ3n) is 4.53. The van der Waals surface area contributed by atoms with Crippen LogP contribution in [-0.2, 0) is 9.53 Å². The smallest absolute Gasteiger partial charge is 0.306 e. The Morgan fingerprint density at radius 1 is 0.815 bits per heavy atom. The monoisotopic (exact) mass is 399 g/mol. The number of allylic oxidation sites excluding steroid dienone is 6. The van der Waals surface area contributed by atoms with E-state index < -0.39 is 0 Å². The van der Waals surface area contributed by atoms with E-state index in [0.717, 1.165) is 51.7 Å². The summed E-state index contributed by atoms with van der Waals surface area (Å²) in [6.45, 7) is 16.2. The number of carbonyl (C=O) groups excluding carboxylic acids is 1. The van der Waals surface area contributed by atoms with Crippen LogP contribution in [0.4, 0.5) is 0 Å². The van der Waals surface area contributed by atoms with Crippen molar-refractivity contribution in [2.75, 3.05) is 26.2 Å². The number of carbonyl (C=O) groups is 1. The molecular formula is C23H42ClNO2. The van der Waals surface area contributed by atoms with Gasteiger partial charge in [-0.25, -0.2) is 0 Å². The summed E-state index contributed by atoms with van der Waals surface area (Å²) in [6.07, 6.45) is 12.5. The average Bonchev–Trinajstić information content (AvgIpc) is 2.58. The lowest BCUT2D eigenvalue weighted by Crippen LogP contribution is -2.27. The van der Waals surface area contributed by atoms with Gasteiger partial charge in [-0.3, -0.25) is 4.79 Å². The standard InChI is InChI=1S/C23H41NO2.ClH/c1-7-24(8-2)18-19-26-23(25)17-11-16-22(6)15-10-14-21(5)13-9-12-20(3)4;/h12,14,16H,7-11,13,15,17-19H2,1-6H3;1H. The molecule has 0 bridgehead atoms. The minimum atomic E-state index is -0.0868. The fourth-order valence-electron chi connectivity index (χ4n) is 2.68. The van der Waals surface area contributed by atoms with Crippen LogP contribution in [0.2, 0.25) is 0 Å². The van der Waals surface area contributed by atoms with Crippen LogP contribution in [0.15, 0.2) is 34.9 Å². The molecule has 3 nitrogen and oxygen atoms in total. The van der Waals surface area contributed by atoms with Crippen molar-refractivity contribution in [2.45, 2.75) is 80.1 Å². The third-order valence-corrected chi connectivity index (χ3v) is 4.53. The number of halogens is 1. The van der Waals surface area contributed by atoms with Gasteiger partial charge in [0.1, 0.15) is 6.61 Å². The molecule has 0 atom stereocenters. The quantitative estimate of drug-likeness (QED) is 0.247. The summed E-state index contributed by atoms with van der Waals surface area (Å²) in [5.41, 5.74) is 4.21. The molecule has 0 heterocycles. The Kier molecular flexibility index (Phi) is 19.1. The number of likely N-dealkylation sites (N-methyl/N-ethyl adjacent to an activating group) is 1.